The van der Waals surface area contributed by atoms with E-state index >= 15 is 0 Å². The number of carboxylic acids is 2. The molecule has 2 rings (SSSR count). The van der Waals surface area contributed by atoms with E-state index in [1.165, 1.54) is 191 Å². The van der Waals surface area contributed by atoms with E-state index in [-0.39, 0.29) is 31.3 Å². The number of unbranched alkanes of at least 4 members (excludes halogenated alkanes) is 26. The summed E-state index contributed by atoms with van der Waals surface area (Å²) in [6, 6.07) is 21.7. The van der Waals surface area contributed by atoms with Crippen molar-refractivity contribution < 1.29 is 39.3 Å². The van der Waals surface area contributed by atoms with E-state index in [0.717, 1.165) is 25.7 Å². The summed E-state index contributed by atoms with van der Waals surface area (Å²) in [5.74, 6) is -2.20. The molecule has 0 radical (unpaired) electrons. The van der Waals surface area contributed by atoms with Crippen molar-refractivity contribution in [3.8, 4) is 0 Å². The molecular formula is C52H86O4Zn. The molecule has 0 aromatic heterocycles. The molecule has 4 nitrogen and oxygen atoms in total. The van der Waals surface area contributed by atoms with Crippen LogP contribution in [-0.4, -0.2) is 11.9 Å². The van der Waals surface area contributed by atoms with Gasteiger partial charge in [0.2, 0.25) is 0 Å². The molecule has 2 atom stereocenters. The summed E-state index contributed by atoms with van der Waals surface area (Å²) in [7, 11) is 0. The van der Waals surface area contributed by atoms with E-state index in [0.29, 0.717) is 12.8 Å². The second-order valence-electron chi connectivity index (χ2n) is 16.8. The van der Waals surface area contributed by atoms with Crippen molar-refractivity contribution in [3.05, 3.63) is 71.8 Å². The predicted octanol–water partition coefficient (Wildman–Crippen LogP) is 13.7. The molecule has 0 spiro atoms. The average Bonchev–Trinajstić information content (AvgIpc) is 3.21. The molecule has 2 aromatic carbocycles. The first kappa shape index (κ1) is 55.0. The van der Waals surface area contributed by atoms with Gasteiger partial charge in [0.15, 0.2) is 0 Å². The summed E-state index contributed by atoms with van der Waals surface area (Å²) in [4.78, 5) is 21.7. The first-order valence-corrected chi connectivity index (χ1v) is 24.0. The Hall–Kier alpha value is -2.00. The molecule has 0 aliphatic carbocycles. The van der Waals surface area contributed by atoms with E-state index in [1.807, 2.05) is 13.8 Å². The molecule has 0 fully saturated rings. The van der Waals surface area contributed by atoms with Crippen LogP contribution in [0.4, 0.5) is 0 Å². The Morgan fingerprint density at radius 3 is 0.789 bits per heavy atom. The Kier molecular flexibility index (Phi) is 40.7. The molecule has 0 saturated heterocycles. The Bertz CT molecular complexity index is 1030. The Labute approximate surface area is 365 Å². The molecule has 0 heterocycles. The number of hydrogen-bond donors (Lipinski definition) is 0. The molecule has 0 N–H and O–H groups in total. The topological polar surface area (TPSA) is 80.3 Å². The minimum absolute atomic E-state index is 0. The van der Waals surface area contributed by atoms with Crippen LogP contribution >= 0.6 is 0 Å². The van der Waals surface area contributed by atoms with Gasteiger partial charge in [-0.25, -0.2) is 0 Å². The number of carbonyl (C=O) groups is 2. The standard InChI is InChI=1S/2C26H44O2.Zn/c2*1-2-25(26(27)28)23-19-14-12-10-8-6-4-3-5-7-9-11-13-16-20-24-21-17-15-18-22-24;/h2*15,17-18,21-22,25H,2-14,16,19-20,23H2,1H3,(H,27,28);/q;;+2/p-2. The fraction of sp³-hybridized carbons (Fsp3) is 0.731. The monoisotopic (exact) mass is 839 g/mol. The van der Waals surface area contributed by atoms with E-state index in [1.54, 1.807) is 0 Å². The first-order chi connectivity index (χ1) is 27.5. The maximum atomic E-state index is 10.9. The summed E-state index contributed by atoms with van der Waals surface area (Å²) >= 11 is 0. The van der Waals surface area contributed by atoms with Gasteiger partial charge in [0.05, 0.1) is 0 Å². The van der Waals surface area contributed by atoms with Crippen LogP contribution in [0.5, 0.6) is 0 Å². The van der Waals surface area contributed by atoms with Crippen molar-refractivity contribution in [2.75, 3.05) is 0 Å². The van der Waals surface area contributed by atoms with Gasteiger partial charge >= 0.3 is 19.5 Å². The third-order valence-corrected chi connectivity index (χ3v) is 11.9. The second-order valence-corrected chi connectivity index (χ2v) is 16.8. The van der Waals surface area contributed by atoms with Gasteiger partial charge in [-0.15, -0.1) is 0 Å². The summed E-state index contributed by atoms with van der Waals surface area (Å²) in [6.07, 6.45) is 42.6. The van der Waals surface area contributed by atoms with Gasteiger partial charge in [0.25, 0.3) is 0 Å². The molecule has 5 heteroatoms. The van der Waals surface area contributed by atoms with Crippen molar-refractivity contribution in [3.63, 3.8) is 0 Å². The smallest absolute Gasteiger partial charge is 0.550 e. The van der Waals surface area contributed by atoms with Gasteiger partial charge in [-0.1, -0.05) is 241 Å². The Balaban J connectivity index is 0.00000108. The fourth-order valence-electron chi connectivity index (χ4n) is 7.95. The molecule has 0 bridgehead atoms. The van der Waals surface area contributed by atoms with E-state index in [4.69, 9.17) is 0 Å². The van der Waals surface area contributed by atoms with Crippen molar-refractivity contribution in [2.24, 2.45) is 11.8 Å². The van der Waals surface area contributed by atoms with E-state index < -0.39 is 11.9 Å². The first-order valence-electron chi connectivity index (χ1n) is 24.0. The van der Waals surface area contributed by atoms with Crippen LogP contribution in [0.2, 0.25) is 0 Å². The summed E-state index contributed by atoms with van der Waals surface area (Å²) in [6.45, 7) is 3.87. The summed E-state index contributed by atoms with van der Waals surface area (Å²) in [5.41, 5.74) is 2.95. The molecule has 0 amide bonds. The van der Waals surface area contributed by atoms with Crippen LogP contribution in [0.15, 0.2) is 60.7 Å². The van der Waals surface area contributed by atoms with Crippen LogP contribution in [-0.2, 0) is 41.9 Å². The third-order valence-electron chi connectivity index (χ3n) is 11.9. The van der Waals surface area contributed by atoms with Gasteiger partial charge < -0.3 is 19.8 Å². The van der Waals surface area contributed by atoms with Gasteiger partial charge in [0, 0.05) is 11.9 Å². The maximum absolute atomic E-state index is 10.9. The predicted molar refractivity (Wildman–Crippen MR) is 236 cm³/mol. The zero-order chi connectivity index (χ0) is 40.6. The van der Waals surface area contributed by atoms with Gasteiger partial charge in [-0.2, -0.15) is 0 Å². The minimum Gasteiger partial charge on any atom is -0.550 e. The zero-order valence-corrected chi connectivity index (χ0v) is 40.3. The number of benzene rings is 2. The quantitative estimate of drug-likeness (QED) is 0.0498. The van der Waals surface area contributed by atoms with Gasteiger partial charge in [0.1, 0.15) is 0 Å². The van der Waals surface area contributed by atoms with Crippen molar-refractivity contribution in [1.82, 2.24) is 0 Å². The van der Waals surface area contributed by atoms with Crippen LogP contribution in [0, 0.1) is 11.8 Å². The number of aliphatic carboxylic acids is 2. The van der Waals surface area contributed by atoms with Crippen LogP contribution < -0.4 is 10.2 Å². The zero-order valence-electron chi connectivity index (χ0n) is 37.3. The second kappa shape index (κ2) is 42.1. The third kappa shape index (κ3) is 35.7. The fourth-order valence-corrected chi connectivity index (χ4v) is 7.95. The number of carbonyl (C=O) groups excluding carboxylic acids is 2. The number of aryl methyl sites for hydroxylation is 2. The van der Waals surface area contributed by atoms with Crippen LogP contribution in [0.1, 0.15) is 230 Å². The van der Waals surface area contributed by atoms with Crippen LogP contribution in [0.3, 0.4) is 0 Å². The SMILES string of the molecule is CCC(CCCCCCCCCCCCCCCCc1ccccc1)C(=O)[O-].CCC(CCCCCCCCCCCCCCCCc1ccccc1)C(=O)[O-].[Zn+2]. The number of carboxylic acid groups (broad SMARTS) is 2. The number of rotatable bonds is 38. The summed E-state index contributed by atoms with van der Waals surface area (Å²) in [5, 5.41) is 21.7. The number of hydrogen-bond acceptors (Lipinski definition) is 4. The summed E-state index contributed by atoms with van der Waals surface area (Å²) < 4.78 is 0. The van der Waals surface area contributed by atoms with Gasteiger partial charge in [-0.3, -0.25) is 0 Å². The molecule has 2 aromatic rings. The van der Waals surface area contributed by atoms with Gasteiger partial charge in [-0.05, 0) is 74.3 Å². The largest absolute Gasteiger partial charge is 2.00 e. The van der Waals surface area contributed by atoms with E-state index in [2.05, 4.69) is 60.7 Å². The molecule has 0 aliphatic rings. The van der Waals surface area contributed by atoms with Crippen molar-refractivity contribution in [1.29, 1.82) is 0 Å². The van der Waals surface area contributed by atoms with Crippen molar-refractivity contribution in [2.45, 2.75) is 232 Å². The maximum Gasteiger partial charge on any atom is 2.00 e. The molecular weight excluding hydrogens is 754 g/mol. The average molecular weight is 841 g/mol. The van der Waals surface area contributed by atoms with Crippen molar-refractivity contribution >= 4 is 11.9 Å². The Morgan fingerprint density at radius 1 is 0.368 bits per heavy atom. The molecule has 320 valence electrons. The molecule has 2 unspecified atom stereocenters. The normalized spacial score (nSPS) is 12.0. The molecule has 57 heavy (non-hydrogen) atoms. The van der Waals surface area contributed by atoms with Crippen LogP contribution in [0.25, 0.3) is 0 Å². The Morgan fingerprint density at radius 2 is 0.579 bits per heavy atom. The molecule has 0 aliphatic heterocycles. The van der Waals surface area contributed by atoms with E-state index in [9.17, 15) is 19.8 Å². The molecule has 0 saturated carbocycles. The minimum atomic E-state index is -0.866.